The lowest BCUT2D eigenvalue weighted by Gasteiger charge is -1.93. The summed E-state index contributed by atoms with van der Waals surface area (Å²) in [5.74, 6) is 0. The Morgan fingerprint density at radius 1 is 1.56 bits per heavy atom. The first-order chi connectivity index (χ1) is 4.33. The van der Waals surface area contributed by atoms with Gasteiger partial charge in [-0.3, -0.25) is 0 Å². The molecule has 9 heavy (non-hydrogen) atoms. The number of hydrogen-bond acceptors (Lipinski definition) is 1. The van der Waals surface area contributed by atoms with E-state index in [1.165, 1.54) is 5.56 Å². The van der Waals surface area contributed by atoms with Gasteiger partial charge in [0, 0.05) is 11.8 Å². The summed E-state index contributed by atoms with van der Waals surface area (Å²) in [5, 5.41) is 0. The molecular weight excluding hydrogens is 110 g/mol. The van der Waals surface area contributed by atoms with Crippen molar-refractivity contribution in [2.24, 2.45) is 0 Å². The van der Waals surface area contributed by atoms with E-state index in [1.54, 1.807) is 0 Å². The van der Waals surface area contributed by atoms with Crippen LogP contribution in [0.2, 0.25) is 0 Å². The van der Waals surface area contributed by atoms with Gasteiger partial charge in [-0.1, -0.05) is 13.0 Å². The van der Waals surface area contributed by atoms with E-state index >= 15 is 0 Å². The van der Waals surface area contributed by atoms with E-state index < -0.39 is 0 Å². The summed E-state index contributed by atoms with van der Waals surface area (Å²) in [7, 11) is 0. The first kappa shape index (κ1) is 6.14. The van der Waals surface area contributed by atoms with Crippen LogP contribution in [0.4, 0.5) is 5.69 Å². The van der Waals surface area contributed by atoms with Crippen LogP contribution in [0.1, 0.15) is 12.5 Å². The molecule has 1 aromatic rings. The second kappa shape index (κ2) is 2.53. The summed E-state index contributed by atoms with van der Waals surface area (Å²) in [4.78, 5) is 0. The minimum atomic E-state index is 0.715. The zero-order valence-corrected chi connectivity index (χ0v) is 5.52. The molecule has 1 aromatic carbocycles. The molecule has 0 aliphatic rings. The Morgan fingerprint density at radius 3 is 2.78 bits per heavy atom. The maximum absolute atomic E-state index is 5.43. The highest BCUT2D eigenvalue weighted by atomic mass is 14.5. The third kappa shape index (κ3) is 1.46. The molecule has 1 radical (unpaired) electrons. The molecule has 47 valence electrons. The molecule has 0 saturated carbocycles. The predicted octanol–water partition coefficient (Wildman–Crippen LogP) is 1.63. The number of benzene rings is 1. The molecule has 0 spiro atoms. The molecule has 0 heterocycles. The Morgan fingerprint density at radius 2 is 2.33 bits per heavy atom. The van der Waals surface area contributed by atoms with Gasteiger partial charge in [-0.25, -0.2) is 0 Å². The predicted molar refractivity (Wildman–Crippen MR) is 39.1 cm³/mol. The molecule has 1 nitrogen and oxygen atoms in total. The Balaban J connectivity index is 2.88. The van der Waals surface area contributed by atoms with Gasteiger partial charge in [0.2, 0.25) is 0 Å². The summed E-state index contributed by atoms with van der Waals surface area (Å²) in [6, 6.07) is 8.75. The van der Waals surface area contributed by atoms with Crippen molar-refractivity contribution in [2.75, 3.05) is 5.73 Å². The van der Waals surface area contributed by atoms with E-state index in [0.717, 1.165) is 6.42 Å². The van der Waals surface area contributed by atoms with Gasteiger partial charge < -0.3 is 5.73 Å². The molecule has 0 atom stereocenters. The minimum Gasteiger partial charge on any atom is -0.398 e. The molecule has 1 heteroatoms. The number of rotatable bonds is 1. The number of nitrogens with two attached hydrogens (primary N) is 1. The second-order valence-electron chi connectivity index (χ2n) is 2.01. The highest BCUT2D eigenvalue weighted by Crippen LogP contribution is 2.03. The zero-order valence-electron chi connectivity index (χ0n) is 5.52. The van der Waals surface area contributed by atoms with Crippen molar-refractivity contribution in [1.29, 1.82) is 0 Å². The fourth-order valence-corrected chi connectivity index (χ4v) is 0.689. The van der Waals surface area contributed by atoms with E-state index in [2.05, 4.69) is 13.0 Å². The molecule has 0 unspecified atom stereocenters. The third-order valence-corrected chi connectivity index (χ3v) is 1.31. The van der Waals surface area contributed by atoms with E-state index in [0.29, 0.717) is 5.69 Å². The van der Waals surface area contributed by atoms with Crippen LogP contribution in [-0.4, -0.2) is 0 Å². The maximum Gasteiger partial charge on any atom is 0.0394 e. The fraction of sp³-hybridized carbons (Fsp3) is 0.250. The average molecular weight is 120 g/mol. The summed E-state index contributed by atoms with van der Waals surface area (Å²) >= 11 is 0. The number of anilines is 1. The smallest absolute Gasteiger partial charge is 0.0394 e. The standard InChI is InChI=1S/C8H10N/c1-2-7-3-5-8(9)6-4-7/h3-5H,2,9H2,1H3. The van der Waals surface area contributed by atoms with Gasteiger partial charge in [-0.15, -0.1) is 0 Å². The Bertz CT molecular complexity index is 176. The van der Waals surface area contributed by atoms with Crippen molar-refractivity contribution in [3.63, 3.8) is 0 Å². The zero-order chi connectivity index (χ0) is 6.69. The van der Waals surface area contributed by atoms with Gasteiger partial charge in [0.1, 0.15) is 0 Å². The van der Waals surface area contributed by atoms with Crippen molar-refractivity contribution >= 4 is 5.69 Å². The molecule has 0 aromatic heterocycles. The SMILES string of the molecule is CCc1c[c]c(N)cc1. The Labute approximate surface area is 55.5 Å². The normalized spacial score (nSPS) is 9.44. The first-order valence-electron chi connectivity index (χ1n) is 3.09. The van der Waals surface area contributed by atoms with Gasteiger partial charge in [-0.2, -0.15) is 0 Å². The molecule has 2 N–H and O–H groups in total. The van der Waals surface area contributed by atoms with Crippen LogP contribution in [0.25, 0.3) is 0 Å². The molecule has 0 amide bonds. The molecule has 1 rings (SSSR count). The minimum absolute atomic E-state index is 0.715. The van der Waals surface area contributed by atoms with Crippen molar-refractivity contribution in [3.05, 3.63) is 29.8 Å². The lowest BCUT2D eigenvalue weighted by Crippen LogP contribution is -1.85. The molecule has 0 saturated heterocycles. The summed E-state index contributed by atoms with van der Waals surface area (Å²) in [6.45, 7) is 2.11. The Kier molecular flexibility index (Phi) is 1.73. The second-order valence-corrected chi connectivity index (χ2v) is 2.01. The van der Waals surface area contributed by atoms with E-state index in [-0.39, 0.29) is 0 Å². The topological polar surface area (TPSA) is 26.0 Å². The van der Waals surface area contributed by atoms with Crippen molar-refractivity contribution in [2.45, 2.75) is 13.3 Å². The lowest BCUT2D eigenvalue weighted by atomic mass is 10.2. The fourth-order valence-electron chi connectivity index (χ4n) is 0.689. The van der Waals surface area contributed by atoms with E-state index in [4.69, 9.17) is 5.73 Å². The van der Waals surface area contributed by atoms with Gasteiger partial charge in [0.25, 0.3) is 0 Å². The third-order valence-electron chi connectivity index (χ3n) is 1.31. The lowest BCUT2D eigenvalue weighted by molar-refractivity contribution is 1.14. The number of hydrogen-bond donors (Lipinski definition) is 1. The van der Waals surface area contributed by atoms with Gasteiger partial charge >= 0.3 is 0 Å². The van der Waals surface area contributed by atoms with Crippen molar-refractivity contribution in [3.8, 4) is 0 Å². The number of nitrogen functional groups attached to an aromatic ring is 1. The number of aryl methyl sites for hydroxylation is 1. The molecule has 0 fully saturated rings. The average Bonchev–Trinajstić information content (AvgIpc) is 1.90. The van der Waals surface area contributed by atoms with Crippen LogP contribution >= 0.6 is 0 Å². The van der Waals surface area contributed by atoms with Crippen LogP contribution in [0, 0.1) is 6.07 Å². The van der Waals surface area contributed by atoms with Gasteiger partial charge in [0.15, 0.2) is 0 Å². The molecule has 0 aliphatic heterocycles. The van der Waals surface area contributed by atoms with Gasteiger partial charge in [-0.05, 0) is 24.1 Å². The highest BCUT2D eigenvalue weighted by Gasteiger charge is 1.85. The van der Waals surface area contributed by atoms with Crippen LogP contribution in [0.15, 0.2) is 18.2 Å². The van der Waals surface area contributed by atoms with Crippen molar-refractivity contribution < 1.29 is 0 Å². The van der Waals surface area contributed by atoms with Crippen LogP contribution in [0.5, 0.6) is 0 Å². The van der Waals surface area contributed by atoms with Gasteiger partial charge in [0.05, 0.1) is 0 Å². The Hall–Kier alpha value is -0.980. The van der Waals surface area contributed by atoms with Crippen molar-refractivity contribution in [1.82, 2.24) is 0 Å². The summed E-state index contributed by atoms with van der Waals surface area (Å²) in [5.41, 5.74) is 7.42. The highest BCUT2D eigenvalue weighted by molar-refractivity contribution is 5.37. The largest absolute Gasteiger partial charge is 0.398 e. The van der Waals surface area contributed by atoms with Crippen LogP contribution in [0.3, 0.4) is 0 Å². The van der Waals surface area contributed by atoms with E-state index in [1.807, 2.05) is 18.2 Å². The summed E-state index contributed by atoms with van der Waals surface area (Å²) < 4.78 is 0. The maximum atomic E-state index is 5.43. The van der Waals surface area contributed by atoms with Crippen LogP contribution < -0.4 is 5.73 Å². The molecule has 0 bridgehead atoms. The quantitative estimate of drug-likeness (QED) is 0.560. The molecular formula is C8H10N. The van der Waals surface area contributed by atoms with E-state index in [9.17, 15) is 0 Å². The first-order valence-corrected chi connectivity index (χ1v) is 3.09. The van der Waals surface area contributed by atoms with Crippen LogP contribution in [-0.2, 0) is 6.42 Å². The summed E-state index contributed by atoms with van der Waals surface area (Å²) in [6.07, 6.45) is 1.05. The molecule has 0 aliphatic carbocycles. The monoisotopic (exact) mass is 120 g/mol.